The Morgan fingerprint density at radius 3 is 0.972 bits per heavy atom. The molecule has 0 N–H and O–H groups in total. The van der Waals surface area contributed by atoms with Gasteiger partial charge in [0, 0.05) is 50.0 Å². The van der Waals surface area contributed by atoms with Crippen molar-refractivity contribution < 1.29 is 0 Å². The van der Waals surface area contributed by atoms with E-state index in [2.05, 4.69) is 287 Å². The average molecular weight is 936 g/mol. The number of para-hydroxylation sites is 7. The Balaban J connectivity index is 1.11. The third-order valence-corrected chi connectivity index (χ3v) is 25.5. The van der Waals surface area contributed by atoms with Gasteiger partial charge in [-0.25, -0.2) is 0 Å². The van der Waals surface area contributed by atoms with Crippen LogP contribution < -0.4 is 46.4 Å². The van der Waals surface area contributed by atoms with E-state index >= 15 is 0 Å². The second-order valence-electron chi connectivity index (χ2n) is 19.1. The topological polar surface area (TPSA) is 13.1 Å². The number of rotatable bonds is 6. The van der Waals surface area contributed by atoms with Gasteiger partial charge in [-0.1, -0.05) is 212 Å². The fourth-order valence-corrected chi connectivity index (χ4v) is 23.5. The van der Waals surface area contributed by atoms with E-state index in [1.54, 1.807) is 0 Å². The Morgan fingerprint density at radius 2 is 0.549 bits per heavy atom. The lowest BCUT2D eigenvalue weighted by Crippen LogP contribution is -2.82. The molecule has 15 rings (SSSR count). The summed E-state index contributed by atoms with van der Waals surface area (Å²) in [6.45, 7) is 0. The fourth-order valence-electron chi connectivity index (χ4n) is 13.1. The summed E-state index contributed by atoms with van der Waals surface area (Å²) in [5, 5.41) is 16.1. The van der Waals surface area contributed by atoms with E-state index in [0.29, 0.717) is 0 Å². The lowest BCUT2D eigenvalue weighted by molar-refractivity contribution is 1.18. The van der Waals surface area contributed by atoms with Gasteiger partial charge in [-0.2, -0.15) is 0 Å². The molecule has 0 saturated heterocycles. The van der Waals surface area contributed by atoms with Gasteiger partial charge in [0.25, 0.3) is 0 Å². The largest absolute Gasteiger partial charge is 0.311 e. The van der Waals surface area contributed by atoms with Crippen LogP contribution in [0, 0.1) is 0 Å². The van der Waals surface area contributed by atoms with Crippen LogP contribution in [-0.2, 0) is 0 Å². The van der Waals surface area contributed by atoms with Crippen molar-refractivity contribution in [2.75, 3.05) is 4.90 Å². The van der Waals surface area contributed by atoms with Crippen molar-refractivity contribution in [3.05, 3.63) is 273 Å². The van der Waals surface area contributed by atoms with Gasteiger partial charge in [0.15, 0.2) is 16.1 Å². The van der Waals surface area contributed by atoms with E-state index in [9.17, 15) is 0 Å². The first kappa shape index (κ1) is 40.2. The molecule has 5 heteroatoms. The van der Waals surface area contributed by atoms with Crippen LogP contribution in [0.2, 0.25) is 0 Å². The van der Waals surface area contributed by atoms with Gasteiger partial charge in [-0.3, -0.25) is 0 Å². The highest BCUT2D eigenvalue weighted by atomic mass is 28.3. The third kappa shape index (κ3) is 5.42. The van der Waals surface area contributed by atoms with Gasteiger partial charge in [-0.05, 0) is 102 Å². The maximum atomic E-state index is 2.66. The lowest BCUT2D eigenvalue weighted by Gasteiger charge is -2.52. The summed E-state index contributed by atoms with van der Waals surface area (Å²) >= 11 is 0. The summed E-state index contributed by atoms with van der Waals surface area (Å²) in [6.07, 6.45) is 0. The van der Waals surface area contributed by atoms with Crippen LogP contribution in [0.4, 0.5) is 17.1 Å². The zero-order valence-corrected chi connectivity index (χ0v) is 40.8. The fraction of sp³-hybridized carbons (Fsp3) is 0. The smallest absolute Gasteiger partial charge is 0.184 e. The van der Waals surface area contributed by atoms with E-state index < -0.39 is 16.1 Å². The van der Waals surface area contributed by atoms with Crippen LogP contribution in [0.15, 0.2) is 273 Å². The molecule has 13 aromatic rings. The molecule has 0 spiro atoms. The van der Waals surface area contributed by atoms with Crippen molar-refractivity contribution in [1.82, 2.24) is 9.13 Å². The number of nitrogens with zero attached hydrogens (tertiary/aromatic N) is 3. The molecular weight excluding hydrogens is 891 g/mol. The Morgan fingerprint density at radius 1 is 0.239 bits per heavy atom. The van der Waals surface area contributed by atoms with Crippen LogP contribution in [0.3, 0.4) is 0 Å². The molecule has 0 bridgehead atoms. The molecule has 0 atom stereocenters. The van der Waals surface area contributed by atoms with Gasteiger partial charge in [0.1, 0.15) is 0 Å². The summed E-state index contributed by atoms with van der Waals surface area (Å²) in [7, 11) is -6.30. The monoisotopic (exact) mass is 935 g/mol. The first-order valence-electron chi connectivity index (χ1n) is 24.7. The number of hydrogen-bond acceptors (Lipinski definition) is 1. The molecule has 0 amide bonds. The summed E-state index contributed by atoms with van der Waals surface area (Å²) in [6, 6.07) is 104. The molecule has 4 heterocycles. The molecule has 0 saturated carbocycles. The summed E-state index contributed by atoms with van der Waals surface area (Å²) in [5.74, 6) is 0. The second kappa shape index (κ2) is 15.4. The first-order chi connectivity index (χ1) is 35.3. The zero-order valence-electron chi connectivity index (χ0n) is 38.8. The van der Waals surface area contributed by atoms with Crippen LogP contribution in [0.25, 0.3) is 55.0 Å². The van der Waals surface area contributed by atoms with E-state index in [4.69, 9.17) is 0 Å². The Bertz CT molecular complexity index is 3960. The standard InChI is InChI=1S/C66H45N3Si2/c1-3-24-48(25-4-1)70(49-26-5-2-6-27-49)62-40-17-15-38-60(62)69-61-39-16-18-41-63(61)71(65-43-21-42-64(70)66(65)69,50-28-19-22-46(44-50)67-56-34-11-7-30-52(56)53-31-8-12-35-57(53)67)51-29-20-23-47(45-51)68-58-36-13-9-32-54(58)55-33-10-14-37-59(55)68/h1-45H. The molecule has 3 nitrogen and oxygen atoms in total. The molecule has 0 unspecified atom stereocenters. The molecule has 71 heavy (non-hydrogen) atoms. The summed E-state index contributed by atoms with van der Waals surface area (Å²) < 4.78 is 4.98. The number of benzene rings is 11. The van der Waals surface area contributed by atoms with Crippen LogP contribution >= 0.6 is 0 Å². The Hall–Kier alpha value is -8.75. The van der Waals surface area contributed by atoms with E-state index in [1.165, 1.54) is 102 Å². The predicted octanol–water partition coefficient (Wildman–Crippen LogP) is 10.7. The van der Waals surface area contributed by atoms with Crippen molar-refractivity contribution in [2.45, 2.75) is 0 Å². The maximum Gasteiger partial charge on any atom is 0.184 e. The minimum atomic E-state index is -3.32. The van der Waals surface area contributed by atoms with E-state index in [-0.39, 0.29) is 0 Å². The zero-order chi connectivity index (χ0) is 46.7. The highest BCUT2D eigenvalue weighted by Gasteiger charge is 2.56. The van der Waals surface area contributed by atoms with Gasteiger partial charge in [-0.15, -0.1) is 0 Å². The SMILES string of the molecule is c1ccc([Si]2(c3ccccc3)c3ccccc3N3c4ccccc4[Si](c4cccc(-n5c6ccccc6c6ccccc65)c4)(c4cccc(-n5c6ccccc6c6ccccc65)c4)c4cccc2c43)cc1. The molecular formula is C66H45N3Si2. The van der Waals surface area contributed by atoms with Crippen molar-refractivity contribution in [1.29, 1.82) is 0 Å². The van der Waals surface area contributed by atoms with E-state index in [1.807, 2.05) is 0 Å². The van der Waals surface area contributed by atoms with Gasteiger partial charge in [0.05, 0.1) is 22.1 Å². The van der Waals surface area contributed by atoms with Crippen LogP contribution in [-0.4, -0.2) is 25.3 Å². The Labute approximate surface area is 414 Å². The molecule has 332 valence electrons. The van der Waals surface area contributed by atoms with Crippen molar-refractivity contribution >= 4 is 118 Å². The molecule has 0 radical (unpaired) electrons. The van der Waals surface area contributed by atoms with Crippen molar-refractivity contribution in [3.63, 3.8) is 0 Å². The van der Waals surface area contributed by atoms with Crippen LogP contribution in [0.1, 0.15) is 0 Å². The van der Waals surface area contributed by atoms with Crippen molar-refractivity contribution in [3.8, 4) is 11.4 Å². The molecule has 2 aliphatic heterocycles. The third-order valence-electron chi connectivity index (χ3n) is 15.8. The quantitative estimate of drug-likeness (QED) is 0.151. The summed E-state index contributed by atoms with van der Waals surface area (Å²) in [5.41, 5.74) is 11.0. The number of anilines is 3. The molecule has 0 fully saturated rings. The molecule has 0 aliphatic carbocycles. The highest BCUT2D eigenvalue weighted by molar-refractivity contribution is 7.24. The first-order valence-corrected chi connectivity index (χ1v) is 28.7. The Kier molecular flexibility index (Phi) is 8.70. The number of hydrogen-bond donors (Lipinski definition) is 0. The maximum absolute atomic E-state index is 3.32. The molecule has 2 aromatic heterocycles. The lowest BCUT2D eigenvalue weighted by atomic mass is 10.1. The normalized spacial score (nSPS) is 14.1. The van der Waals surface area contributed by atoms with Crippen molar-refractivity contribution in [2.24, 2.45) is 0 Å². The molecule has 11 aromatic carbocycles. The molecule has 2 aliphatic rings. The van der Waals surface area contributed by atoms with Crippen LogP contribution in [0.5, 0.6) is 0 Å². The average Bonchev–Trinajstić information content (AvgIpc) is 3.97. The predicted molar refractivity (Wildman–Crippen MR) is 304 cm³/mol. The van der Waals surface area contributed by atoms with E-state index in [0.717, 1.165) is 11.4 Å². The van der Waals surface area contributed by atoms with Gasteiger partial charge in [0.2, 0.25) is 0 Å². The highest BCUT2D eigenvalue weighted by Crippen LogP contribution is 2.42. The number of aromatic nitrogens is 2. The number of fused-ring (bicyclic) bond motifs is 10. The van der Waals surface area contributed by atoms with Gasteiger partial charge < -0.3 is 14.0 Å². The minimum Gasteiger partial charge on any atom is -0.311 e. The summed E-state index contributed by atoms with van der Waals surface area (Å²) in [4.78, 5) is 2.66. The minimum absolute atomic E-state index is 1.16. The van der Waals surface area contributed by atoms with Gasteiger partial charge >= 0.3 is 0 Å². The second-order valence-corrected chi connectivity index (χ2v) is 26.6.